The molecule has 5 rings (SSSR count). The Morgan fingerprint density at radius 1 is 0.741 bits per heavy atom. The van der Waals surface area contributed by atoms with E-state index in [9.17, 15) is 36.2 Å². The van der Waals surface area contributed by atoms with Gasteiger partial charge in [-0.3, -0.25) is 0 Å². The number of hydrogen-bond acceptors (Lipinski definition) is 9. The molecule has 0 radical (unpaired) electrons. The standard InChI is InChI=1S/C42H41F6N3O6.Na/c1-26(2)29-12-13-36(54-3)35(17-29)34-20-38(57-25-27-9-6-5-7-10-27)37(55-4)18-30(34)24-51(40-49-21-33(22-50-40)56-14-8-11-39(52)53)23-28-15-31(41(43,44)45)19-32(16-28)42(46,47)48;/h5-7,9-10,12-13,15-22,26H,8,11,14,23-25H2,1-4H3,(H,52,53);/q;+1/p-1. The molecule has 1 aromatic heterocycles. The zero-order valence-electron chi connectivity index (χ0n) is 32.5. The molecule has 1 heterocycles. The van der Waals surface area contributed by atoms with Crippen molar-refractivity contribution in [2.45, 2.75) is 64.7 Å². The Morgan fingerprint density at radius 3 is 1.95 bits per heavy atom. The zero-order chi connectivity index (χ0) is 41.3. The molecule has 0 atom stereocenters. The predicted octanol–water partition coefficient (Wildman–Crippen LogP) is 6.02. The number of halogens is 6. The van der Waals surface area contributed by atoms with Gasteiger partial charge in [-0.15, -0.1) is 0 Å². The number of carbonyl (C=O) groups excluding carboxylic acids is 1. The number of alkyl halides is 6. The molecule has 0 unspecified atom stereocenters. The first kappa shape index (κ1) is 45.7. The van der Waals surface area contributed by atoms with Crippen molar-refractivity contribution in [1.82, 2.24) is 9.97 Å². The molecule has 302 valence electrons. The van der Waals surface area contributed by atoms with Crippen molar-refractivity contribution in [2.24, 2.45) is 0 Å². The van der Waals surface area contributed by atoms with Crippen LogP contribution in [0.1, 0.15) is 66.0 Å². The van der Waals surface area contributed by atoms with Gasteiger partial charge in [0, 0.05) is 24.6 Å². The summed E-state index contributed by atoms with van der Waals surface area (Å²) < 4.78 is 107. The topological polar surface area (TPSA) is 106 Å². The Bertz CT molecular complexity index is 2100. The van der Waals surface area contributed by atoms with Gasteiger partial charge < -0.3 is 33.7 Å². The van der Waals surface area contributed by atoms with Crippen LogP contribution in [0, 0.1) is 0 Å². The van der Waals surface area contributed by atoms with Gasteiger partial charge in [-0.25, -0.2) is 9.97 Å². The molecule has 0 aliphatic carbocycles. The Kier molecular flexibility index (Phi) is 15.9. The van der Waals surface area contributed by atoms with Crippen LogP contribution in [0.25, 0.3) is 11.1 Å². The number of hydrogen-bond donors (Lipinski definition) is 0. The summed E-state index contributed by atoms with van der Waals surface area (Å²) in [5.74, 6) is 0.143. The van der Waals surface area contributed by atoms with Gasteiger partial charge in [-0.1, -0.05) is 50.2 Å². The fourth-order valence-electron chi connectivity index (χ4n) is 5.97. The van der Waals surface area contributed by atoms with Crippen LogP contribution in [0.2, 0.25) is 0 Å². The molecule has 9 nitrogen and oxygen atoms in total. The second-order valence-corrected chi connectivity index (χ2v) is 13.4. The van der Waals surface area contributed by atoms with E-state index in [4.69, 9.17) is 18.9 Å². The van der Waals surface area contributed by atoms with Crippen molar-refractivity contribution >= 4 is 11.9 Å². The summed E-state index contributed by atoms with van der Waals surface area (Å²) in [6.07, 6.45) is -7.68. The molecule has 0 saturated heterocycles. The van der Waals surface area contributed by atoms with Crippen LogP contribution in [0.3, 0.4) is 0 Å². The van der Waals surface area contributed by atoms with Gasteiger partial charge in [-0.2, -0.15) is 26.3 Å². The number of ether oxygens (including phenoxy) is 4. The number of aliphatic carboxylic acids is 1. The molecule has 5 aromatic rings. The molecular formula is C42H40F6N3NaO6. The van der Waals surface area contributed by atoms with Gasteiger partial charge in [0.05, 0.1) is 44.3 Å². The number of benzene rings is 4. The molecule has 0 fully saturated rings. The van der Waals surface area contributed by atoms with Crippen LogP contribution < -0.4 is 58.5 Å². The smallest absolute Gasteiger partial charge is 0.550 e. The third-order valence-electron chi connectivity index (χ3n) is 8.88. The van der Waals surface area contributed by atoms with Crippen molar-refractivity contribution in [3.63, 3.8) is 0 Å². The summed E-state index contributed by atoms with van der Waals surface area (Å²) >= 11 is 0. The van der Waals surface area contributed by atoms with Gasteiger partial charge in [0.1, 0.15) is 12.4 Å². The van der Waals surface area contributed by atoms with Gasteiger partial charge in [0.15, 0.2) is 17.2 Å². The number of methoxy groups -OCH3 is 2. The average molecular weight is 820 g/mol. The van der Waals surface area contributed by atoms with E-state index >= 15 is 0 Å². The third-order valence-corrected chi connectivity index (χ3v) is 8.88. The summed E-state index contributed by atoms with van der Waals surface area (Å²) in [5.41, 5.74) is 0.363. The largest absolute Gasteiger partial charge is 1.00 e. The maximum atomic E-state index is 14.0. The Labute approximate surface area is 354 Å². The maximum Gasteiger partial charge on any atom is 1.00 e. The maximum absolute atomic E-state index is 14.0. The van der Waals surface area contributed by atoms with Crippen molar-refractivity contribution < 1.29 is 84.7 Å². The summed E-state index contributed by atoms with van der Waals surface area (Å²) in [7, 11) is 2.96. The molecule has 0 spiro atoms. The minimum Gasteiger partial charge on any atom is -0.550 e. The minimum atomic E-state index is -5.07. The van der Waals surface area contributed by atoms with E-state index in [0.717, 1.165) is 11.1 Å². The fraction of sp³-hybridized carbons (Fsp3) is 0.310. The number of anilines is 1. The number of nitrogens with zero attached hydrogens (tertiary/aromatic N) is 3. The number of rotatable bonds is 17. The normalized spacial score (nSPS) is 11.5. The van der Waals surface area contributed by atoms with Gasteiger partial charge in [-0.05, 0) is 89.0 Å². The SMILES string of the molecule is COc1cc(CN(Cc2cc(C(F)(F)F)cc(C(F)(F)F)c2)c2ncc(OCCCC(=O)[O-])cn2)c(-c2cc(C(C)C)ccc2OC)cc1OCc1ccccc1.[Na+]. The van der Waals surface area contributed by atoms with E-state index in [2.05, 4.69) is 9.97 Å². The number of carbonyl (C=O) groups is 1. The molecule has 4 aromatic carbocycles. The molecule has 0 N–H and O–H groups in total. The van der Waals surface area contributed by atoms with Crippen molar-refractivity contribution in [2.75, 3.05) is 25.7 Å². The van der Waals surface area contributed by atoms with Crippen LogP contribution >= 0.6 is 0 Å². The first-order valence-corrected chi connectivity index (χ1v) is 17.8. The molecule has 0 aliphatic rings. The predicted molar refractivity (Wildman–Crippen MR) is 198 cm³/mol. The summed E-state index contributed by atoms with van der Waals surface area (Å²) in [5, 5.41) is 10.8. The van der Waals surface area contributed by atoms with Crippen LogP contribution in [0.4, 0.5) is 32.3 Å². The summed E-state index contributed by atoms with van der Waals surface area (Å²) in [4.78, 5) is 20.9. The molecule has 0 amide bonds. The Morgan fingerprint density at radius 2 is 1.38 bits per heavy atom. The first-order chi connectivity index (χ1) is 27.0. The van der Waals surface area contributed by atoms with E-state index < -0.39 is 36.0 Å². The van der Waals surface area contributed by atoms with Crippen LogP contribution in [-0.2, 0) is 36.8 Å². The van der Waals surface area contributed by atoms with Crippen LogP contribution in [0.15, 0.2) is 91.3 Å². The van der Waals surface area contributed by atoms with E-state index in [0.29, 0.717) is 46.1 Å². The zero-order valence-corrected chi connectivity index (χ0v) is 34.5. The molecule has 0 bridgehead atoms. The van der Waals surface area contributed by atoms with E-state index in [1.165, 1.54) is 31.5 Å². The van der Waals surface area contributed by atoms with E-state index in [-0.39, 0.29) is 91.4 Å². The number of carboxylic acid groups (broad SMARTS) is 1. The minimum absolute atomic E-state index is 0. The van der Waals surface area contributed by atoms with Crippen molar-refractivity contribution in [3.8, 4) is 34.1 Å². The third kappa shape index (κ3) is 12.3. The van der Waals surface area contributed by atoms with E-state index in [1.54, 1.807) is 12.1 Å². The monoisotopic (exact) mass is 819 g/mol. The number of aromatic nitrogens is 2. The van der Waals surface area contributed by atoms with Crippen molar-refractivity contribution in [1.29, 1.82) is 0 Å². The Balaban J connectivity index is 0.00000744. The molecule has 58 heavy (non-hydrogen) atoms. The molecule has 0 aliphatic heterocycles. The fourth-order valence-corrected chi connectivity index (χ4v) is 5.97. The molecular weight excluding hydrogens is 779 g/mol. The van der Waals surface area contributed by atoms with Crippen LogP contribution in [0.5, 0.6) is 23.0 Å². The van der Waals surface area contributed by atoms with E-state index in [1.807, 2.05) is 62.4 Å². The second-order valence-electron chi connectivity index (χ2n) is 13.4. The van der Waals surface area contributed by atoms with Gasteiger partial charge in [0.2, 0.25) is 5.95 Å². The molecule has 16 heteroatoms. The summed E-state index contributed by atoms with van der Waals surface area (Å²) in [6, 6.07) is 20.0. The number of carboxylic acids is 1. The Hall–Kier alpha value is -4.99. The van der Waals surface area contributed by atoms with Crippen molar-refractivity contribution in [3.05, 3.63) is 125 Å². The second kappa shape index (κ2) is 20.1. The first-order valence-electron chi connectivity index (χ1n) is 17.8. The van der Waals surface area contributed by atoms with Gasteiger partial charge in [0.25, 0.3) is 0 Å². The van der Waals surface area contributed by atoms with Gasteiger partial charge >= 0.3 is 41.9 Å². The summed E-state index contributed by atoms with van der Waals surface area (Å²) in [6.45, 7) is 3.60. The quantitative estimate of drug-likeness (QED) is 0.0633. The average Bonchev–Trinajstić information content (AvgIpc) is 3.18. The van der Waals surface area contributed by atoms with Crippen LogP contribution in [-0.4, -0.2) is 36.8 Å². The molecule has 0 saturated carbocycles.